The van der Waals surface area contributed by atoms with Crippen LogP contribution < -0.4 is 15.8 Å². The molecular formula is C21H29ClN2O3. The summed E-state index contributed by atoms with van der Waals surface area (Å²) in [5.74, 6) is 1.06. The third kappa shape index (κ3) is 6.86. The smallest absolute Gasteiger partial charge is 0.243 e. The minimum absolute atomic E-state index is 0. The second-order valence-electron chi connectivity index (χ2n) is 6.73. The first-order chi connectivity index (χ1) is 12.4. The number of amides is 1. The van der Waals surface area contributed by atoms with Crippen molar-refractivity contribution in [2.75, 3.05) is 19.0 Å². The molecule has 27 heavy (non-hydrogen) atoms. The van der Waals surface area contributed by atoms with Crippen LogP contribution in [-0.4, -0.2) is 25.7 Å². The average Bonchev–Trinajstić information content (AvgIpc) is 2.61. The maximum absolute atomic E-state index is 11.9. The van der Waals surface area contributed by atoms with E-state index in [2.05, 4.69) is 44.3 Å². The number of aryl methyl sites for hydroxylation is 1. The fraction of sp³-hybridized carbons (Fsp3) is 0.381. The van der Waals surface area contributed by atoms with E-state index >= 15 is 0 Å². The summed E-state index contributed by atoms with van der Waals surface area (Å²) in [4.78, 5) is 11.9. The highest BCUT2D eigenvalue weighted by molar-refractivity contribution is 5.94. The Labute approximate surface area is 167 Å². The van der Waals surface area contributed by atoms with Crippen molar-refractivity contribution in [3.63, 3.8) is 0 Å². The van der Waals surface area contributed by atoms with Crippen LogP contribution in [0.3, 0.4) is 0 Å². The molecule has 0 heterocycles. The predicted molar refractivity (Wildman–Crippen MR) is 112 cm³/mol. The molecule has 1 atom stereocenters. The number of hydrogen-bond donors (Lipinski definition) is 2. The number of carbonyl (C=O) groups is 1. The van der Waals surface area contributed by atoms with E-state index in [1.807, 2.05) is 24.3 Å². The van der Waals surface area contributed by atoms with Crippen molar-refractivity contribution >= 4 is 24.0 Å². The van der Waals surface area contributed by atoms with Crippen LogP contribution in [0.2, 0.25) is 0 Å². The lowest BCUT2D eigenvalue weighted by Crippen LogP contribution is -2.39. The van der Waals surface area contributed by atoms with Crippen LogP contribution in [0.5, 0.6) is 5.75 Å². The Morgan fingerprint density at radius 1 is 1.15 bits per heavy atom. The van der Waals surface area contributed by atoms with Gasteiger partial charge in [-0.2, -0.15) is 0 Å². The summed E-state index contributed by atoms with van der Waals surface area (Å²) < 4.78 is 10.9. The van der Waals surface area contributed by atoms with Crippen LogP contribution >= 0.6 is 12.4 Å². The summed E-state index contributed by atoms with van der Waals surface area (Å²) in [6.45, 7) is 7.03. The number of carbonyl (C=O) groups excluding carboxylic acids is 1. The Hall–Kier alpha value is -2.08. The van der Waals surface area contributed by atoms with Gasteiger partial charge in [-0.05, 0) is 47.7 Å². The van der Waals surface area contributed by atoms with E-state index in [1.165, 1.54) is 18.2 Å². The Morgan fingerprint density at radius 3 is 2.41 bits per heavy atom. The van der Waals surface area contributed by atoms with Gasteiger partial charge in [-0.25, -0.2) is 0 Å². The van der Waals surface area contributed by atoms with Gasteiger partial charge < -0.3 is 20.5 Å². The van der Waals surface area contributed by atoms with Gasteiger partial charge in [-0.3, -0.25) is 4.79 Å². The zero-order chi connectivity index (χ0) is 19.1. The lowest BCUT2D eigenvalue weighted by molar-refractivity contribution is -0.118. The quantitative estimate of drug-likeness (QED) is 0.711. The van der Waals surface area contributed by atoms with Gasteiger partial charge in [0.2, 0.25) is 5.91 Å². The molecule has 3 N–H and O–H groups in total. The molecule has 2 aromatic rings. The molecular weight excluding hydrogens is 364 g/mol. The maximum Gasteiger partial charge on any atom is 0.243 e. The molecule has 6 heteroatoms. The zero-order valence-electron chi connectivity index (χ0n) is 16.3. The third-order valence-corrected chi connectivity index (χ3v) is 4.09. The molecule has 0 aliphatic rings. The highest BCUT2D eigenvalue weighted by Gasteiger charge is 2.13. The largest absolute Gasteiger partial charge is 0.489 e. The molecule has 5 nitrogen and oxygen atoms in total. The number of methoxy groups -OCH3 is 1. The highest BCUT2D eigenvalue weighted by atomic mass is 35.5. The molecule has 0 aliphatic heterocycles. The van der Waals surface area contributed by atoms with Gasteiger partial charge in [0.15, 0.2) is 0 Å². The first kappa shape index (κ1) is 23.0. The lowest BCUT2D eigenvalue weighted by atomic mass is 10.0. The maximum atomic E-state index is 11.9. The van der Waals surface area contributed by atoms with Crippen molar-refractivity contribution in [2.24, 2.45) is 5.73 Å². The Bertz CT molecular complexity index is 733. The summed E-state index contributed by atoms with van der Waals surface area (Å²) in [7, 11) is 1.51. The Morgan fingerprint density at radius 2 is 1.81 bits per heavy atom. The zero-order valence-corrected chi connectivity index (χ0v) is 17.1. The fourth-order valence-electron chi connectivity index (χ4n) is 2.58. The molecule has 0 bridgehead atoms. The lowest BCUT2D eigenvalue weighted by Gasteiger charge is -2.15. The van der Waals surface area contributed by atoms with Crippen molar-refractivity contribution in [2.45, 2.75) is 39.3 Å². The van der Waals surface area contributed by atoms with E-state index in [0.29, 0.717) is 18.2 Å². The summed E-state index contributed by atoms with van der Waals surface area (Å²) >= 11 is 0. The van der Waals surface area contributed by atoms with Gasteiger partial charge in [0.1, 0.15) is 18.4 Å². The number of rotatable bonds is 8. The molecule has 0 radical (unpaired) electrons. The second-order valence-corrected chi connectivity index (χ2v) is 6.73. The summed E-state index contributed by atoms with van der Waals surface area (Å²) in [6, 6.07) is 13.2. The number of hydrogen-bond acceptors (Lipinski definition) is 4. The topological polar surface area (TPSA) is 73.6 Å². The molecule has 1 amide bonds. The Kier molecular flexibility index (Phi) is 9.29. The van der Waals surface area contributed by atoms with Crippen LogP contribution in [-0.2, 0) is 16.1 Å². The van der Waals surface area contributed by atoms with Gasteiger partial charge >= 0.3 is 0 Å². The van der Waals surface area contributed by atoms with E-state index in [1.54, 1.807) is 0 Å². The van der Waals surface area contributed by atoms with Crippen LogP contribution in [0.15, 0.2) is 42.5 Å². The molecule has 2 aromatic carbocycles. The van der Waals surface area contributed by atoms with Crippen LogP contribution in [0, 0.1) is 6.92 Å². The number of ether oxygens (including phenoxy) is 2. The van der Waals surface area contributed by atoms with Crippen molar-refractivity contribution in [1.29, 1.82) is 0 Å². The SMILES string of the molecule is COCC(N)C(=O)Nc1ccc(COc2cc(C)ccc2C(C)C)cc1.Cl. The first-order valence-electron chi connectivity index (χ1n) is 8.78. The highest BCUT2D eigenvalue weighted by Crippen LogP contribution is 2.28. The molecule has 148 valence electrons. The van der Waals surface area contributed by atoms with E-state index in [0.717, 1.165) is 11.3 Å². The number of benzene rings is 2. The van der Waals surface area contributed by atoms with E-state index in [4.69, 9.17) is 15.2 Å². The molecule has 0 spiro atoms. The minimum Gasteiger partial charge on any atom is -0.489 e. The molecule has 0 aliphatic carbocycles. The third-order valence-electron chi connectivity index (χ3n) is 4.09. The van der Waals surface area contributed by atoms with Crippen LogP contribution in [0.25, 0.3) is 0 Å². The molecule has 0 saturated carbocycles. The van der Waals surface area contributed by atoms with Crippen molar-refractivity contribution < 1.29 is 14.3 Å². The number of anilines is 1. The number of halogens is 1. The van der Waals surface area contributed by atoms with Crippen molar-refractivity contribution in [3.8, 4) is 5.75 Å². The summed E-state index contributed by atoms with van der Waals surface area (Å²) in [5, 5.41) is 2.77. The standard InChI is InChI=1S/C21H28N2O3.ClH/c1-14(2)18-10-5-15(3)11-20(18)26-12-16-6-8-17(9-7-16)23-21(24)19(22)13-25-4;/h5-11,14,19H,12-13,22H2,1-4H3,(H,23,24);1H. The van der Waals surface area contributed by atoms with Crippen molar-refractivity contribution in [3.05, 3.63) is 59.2 Å². The first-order valence-corrected chi connectivity index (χ1v) is 8.78. The van der Waals surface area contributed by atoms with Gasteiger partial charge in [-0.15, -0.1) is 12.4 Å². The Balaban J connectivity index is 0.00000364. The predicted octanol–water partition coefficient (Wildman–Crippen LogP) is 4.03. The molecule has 1 unspecified atom stereocenters. The van der Waals surface area contributed by atoms with E-state index in [9.17, 15) is 4.79 Å². The molecule has 0 fully saturated rings. The number of nitrogens with one attached hydrogen (secondary N) is 1. The van der Waals surface area contributed by atoms with Gasteiger partial charge in [0, 0.05) is 12.8 Å². The van der Waals surface area contributed by atoms with Gasteiger partial charge in [0.25, 0.3) is 0 Å². The molecule has 0 aromatic heterocycles. The minimum atomic E-state index is -0.682. The fourth-order valence-corrected chi connectivity index (χ4v) is 2.58. The van der Waals surface area contributed by atoms with E-state index < -0.39 is 6.04 Å². The normalized spacial score (nSPS) is 11.6. The van der Waals surface area contributed by atoms with Gasteiger partial charge in [0.05, 0.1) is 6.61 Å². The summed E-state index contributed by atoms with van der Waals surface area (Å²) in [5.41, 5.74) is 9.81. The summed E-state index contributed by atoms with van der Waals surface area (Å²) in [6.07, 6.45) is 0. The second kappa shape index (κ2) is 10.9. The van der Waals surface area contributed by atoms with Gasteiger partial charge in [-0.1, -0.05) is 38.1 Å². The van der Waals surface area contributed by atoms with Crippen molar-refractivity contribution in [1.82, 2.24) is 0 Å². The molecule has 0 saturated heterocycles. The van der Waals surface area contributed by atoms with Crippen LogP contribution in [0.1, 0.15) is 36.5 Å². The monoisotopic (exact) mass is 392 g/mol. The molecule has 2 rings (SSSR count). The van der Waals surface area contributed by atoms with E-state index in [-0.39, 0.29) is 24.9 Å². The average molecular weight is 393 g/mol. The number of nitrogens with two attached hydrogens (primary N) is 1. The van der Waals surface area contributed by atoms with Crippen LogP contribution in [0.4, 0.5) is 5.69 Å².